The maximum Gasteiger partial charge on any atom is 0.188 e. The van der Waals surface area contributed by atoms with Gasteiger partial charge in [0.05, 0.1) is 10.6 Å². The van der Waals surface area contributed by atoms with Crippen LogP contribution < -0.4 is 0 Å². The Kier molecular flexibility index (Phi) is 3.72. The van der Waals surface area contributed by atoms with Crippen LogP contribution in [-0.2, 0) is 12.8 Å². The predicted octanol–water partition coefficient (Wildman–Crippen LogP) is 4.12. The molecule has 1 aliphatic rings. The highest BCUT2D eigenvalue weighted by molar-refractivity contribution is 7.17. The fraction of sp³-hybridized carbons (Fsp3) is 0.375. The fourth-order valence-corrected chi connectivity index (χ4v) is 3.93. The van der Waals surface area contributed by atoms with Crippen LogP contribution in [0.5, 0.6) is 5.75 Å². The molecule has 6 heteroatoms. The van der Waals surface area contributed by atoms with Crippen LogP contribution in [-0.4, -0.2) is 15.9 Å². The first-order valence-electron chi connectivity index (χ1n) is 7.18. The first-order chi connectivity index (χ1) is 10.4. The summed E-state index contributed by atoms with van der Waals surface area (Å²) in [6.45, 7) is 3.60. The lowest BCUT2D eigenvalue weighted by atomic mass is 9.92. The van der Waals surface area contributed by atoms with Crippen LogP contribution >= 0.6 is 11.3 Å². The molecule has 1 heterocycles. The first-order valence-corrected chi connectivity index (χ1v) is 7.99. The highest BCUT2D eigenvalue weighted by atomic mass is 32.1. The molecular formula is C16H15F2NO2S. The van der Waals surface area contributed by atoms with Gasteiger partial charge >= 0.3 is 0 Å². The molecule has 3 rings (SSSR count). The zero-order valence-electron chi connectivity index (χ0n) is 12.2. The number of rotatable bonds is 2. The van der Waals surface area contributed by atoms with Crippen LogP contribution in [0.3, 0.4) is 0 Å². The fourth-order valence-electron chi connectivity index (χ4n) is 2.72. The van der Waals surface area contributed by atoms with Gasteiger partial charge in [0.25, 0.3) is 0 Å². The zero-order valence-corrected chi connectivity index (χ0v) is 13.1. The smallest absolute Gasteiger partial charge is 0.188 e. The number of carbonyl (C=O) groups excluding carboxylic acids is 1. The number of thiazole rings is 1. The van der Waals surface area contributed by atoms with Crippen molar-refractivity contribution >= 4 is 17.1 Å². The Bertz CT molecular complexity index is 770. The third kappa shape index (κ3) is 2.22. The standard InChI is InChI=1S/C16H15F2NO2S/c1-3-8-9(6-10(17)14(21)12(8)18)16-19-11-5-4-7(2)13(20)15(11)22-16/h6-7,21H,3-5H2,1-2H3/t7-/m0/s1. The normalized spacial score (nSPS) is 17.6. The largest absolute Gasteiger partial charge is 0.503 e. The van der Waals surface area contributed by atoms with Gasteiger partial charge in [-0.25, -0.2) is 13.8 Å². The third-order valence-corrected chi connectivity index (χ3v) is 5.21. The molecular weight excluding hydrogens is 308 g/mol. The number of benzene rings is 1. The number of aromatic nitrogens is 1. The molecule has 0 bridgehead atoms. The molecule has 1 aromatic heterocycles. The Morgan fingerprint density at radius 3 is 2.86 bits per heavy atom. The highest BCUT2D eigenvalue weighted by Crippen LogP contribution is 2.38. The van der Waals surface area contributed by atoms with Crippen LogP contribution in [0.15, 0.2) is 6.07 Å². The molecule has 116 valence electrons. The van der Waals surface area contributed by atoms with Crippen molar-refractivity contribution in [3.63, 3.8) is 0 Å². The SMILES string of the molecule is CCc1c(-c2nc3c(s2)C(=O)[C@@H](C)CC3)cc(F)c(O)c1F. The first kappa shape index (κ1) is 15.1. The van der Waals surface area contributed by atoms with Gasteiger partial charge in [-0.3, -0.25) is 4.79 Å². The van der Waals surface area contributed by atoms with Crippen molar-refractivity contribution in [2.75, 3.05) is 0 Å². The number of hydrogen-bond donors (Lipinski definition) is 1. The molecule has 3 nitrogen and oxygen atoms in total. The molecule has 2 aromatic rings. The molecule has 0 unspecified atom stereocenters. The van der Waals surface area contributed by atoms with Gasteiger partial charge in [-0.15, -0.1) is 11.3 Å². The van der Waals surface area contributed by atoms with E-state index in [0.717, 1.165) is 12.5 Å². The average Bonchev–Trinajstić information content (AvgIpc) is 2.93. The number of fused-ring (bicyclic) bond motifs is 1. The number of aryl methyl sites for hydroxylation is 1. The number of halogens is 2. The predicted molar refractivity (Wildman–Crippen MR) is 80.3 cm³/mol. The third-order valence-electron chi connectivity index (χ3n) is 4.06. The van der Waals surface area contributed by atoms with E-state index in [2.05, 4.69) is 4.98 Å². The summed E-state index contributed by atoms with van der Waals surface area (Å²) in [7, 11) is 0. The lowest BCUT2D eigenvalue weighted by molar-refractivity contribution is 0.0917. The second-order valence-electron chi connectivity index (χ2n) is 5.50. The lowest BCUT2D eigenvalue weighted by Crippen LogP contribution is -2.18. The Morgan fingerprint density at radius 2 is 2.18 bits per heavy atom. The zero-order chi connectivity index (χ0) is 16.0. The van der Waals surface area contributed by atoms with E-state index in [1.807, 2.05) is 6.92 Å². The van der Waals surface area contributed by atoms with Gasteiger partial charge in [0.1, 0.15) is 5.01 Å². The van der Waals surface area contributed by atoms with Crippen molar-refractivity contribution in [2.45, 2.75) is 33.1 Å². The number of phenolic OH excluding ortho intramolecular Hbond substituents is 1. The van der Waals surface area contributed by atoms with Crippen LogP contribution in [0.1, 0.15) is 41.2 Å². The molecule has 22 heavy (non-hydrogen) atoms. The van der Waals surface area contributed by atoms with E-state index in [4.69, 9.17) is 0 Å². The number of carbonyl (C=O) groups is 1. The lowest BCUT2D eigenvalue weighted by Gasteiger charge is -2.14. The van der Waals surface area contributed by atoms with Gasteiger partial charge in [-0.05, 0) is 25.3 Å². The molecule has 0 saturated heterocycles. The van der Waals surface area contributed by atoms with Crippen LogP contribution in [0, 0.1) is 17.6 Å². The van der Waals surface area contributed by atoms with E-state index in [0.29, 0.717) is 34.0 Å². The number of phenols is 1. The van der Waals surface area contributed by atoms with Crippen molar-refractivity contribution in [2.24, 2.45) is 5.92 Å². The van der Waals surface area contributed by atoms with Crippen molar-refractivity contribution < 1.29 is 18.7 Å². The minimum absolute atomic E-state index is 0.0419. The van der Waals surface area contributed by atoms with Crippen LogP contribution in [0.2, 0.25) is 0 Å². The van der Waals surface area contributed by atoms with Gasteiger partial charge < -0.3 is 5.11 Å². The summed E-state index contributed by atoms with van der Waals surface area (Å²) in [5.74, 6) is -2.93. The minimum atomic E-state index is -1.02. The molecule has 1 aliphatic carbocycles. The number of aromatic hydroxyl groups is 1. The quantitative estimate of drug-likeness (QED) is 0.904. The molecule has 0 spiro atoms. The average molecular weight is 323 g/mol. The molecule has 1 aromatic carbocycles. The molecule has 0 radical (unpaired) electrons. The monoisotopic (exact) mass is 323 g/mol. The van der Waals surface area contributed by atoms with Crippen molar-refractivity contribution in [1.82, 2.24) is 4.98 Å². The second-order valence-corrected chi connectivity index (χ2v) is 6.50. The summed E-state index contributed by atoms with van der Waals surface area (Å²) in [4.78, 5) is 17.2. The molecule has 0 amide bonds. The van der Waals surface area contributed by atoms with Crippen molar-refractivity contribution in [1.29, 1.82) is 0 Å². The Labute approximate surface area is 130 Å². The van der Waals surface area contributed by atoms with Gasteiger partial charge in [-0.1, -0.05) is 13.8 Å². The molecule has 0 fully saturated rings. The molecule has 1 N–H and O–H groups in total. The van der Waals surface area contributed by atoms with Gasteiger partial charge in [0, 0.05) is 17.0 Å². The van der Waals surface area contributed by atoms with E-state index in [1.165, 1.54) is 11.3 Å². The van der Waals surface area contributed by atoms with Crippen LogP contribution in [0.4, 0.5) is 8.78 Å². The summed E-state index contributed by atoms with van der Waals surface area (Å²) in [5.41, 5.74) is 1.24. The number of Topliss-reactive ketones (excluding diaryl/α,β-unsaturated/α-hetero) is 1. The van der Waals surface area contributed by atoms with E-state index in [-0.39, 0.29) is 17.3 Å². The maximum atomic E-state index is 14.1. The summed E-state index contributed by atoms with van der Waals surface area (Å²) in [5, 5.41) is 9.84. The van der Waals surface area contributed by atoms with Gasteiger partial charge in [-0.2, -0.15) is 0 Å². The van der Waals surface area contributed by atoms with Gasteiger partial charge in [0.15, 0.2) is 23.2 Å². The minimum Gasteiger partial charge on any atom is -0.503 e. The van der Waals surface area contributed by atoms with E-state index in [1.54, 1.807) is 6.92 Å². The molecule has 1 atom stereocenters. The van der Waals surface area contributed by atoms with Gasteiger partial charge in [0.2, 0.25) is 0 Å². The van der Waals surface area contributed by atoms with E-state index < -0.39 is 17.4 Å². The summed E-state index contributed by atoms with van der Waals surface area (Å²) in [6, 6.07) is 1.09. The molecule has 0 aliphatic heterocycles. The Hall–Kier alpha value is -1.82. The second kappa shape index (κ2) is 5.43. The number of nitrogens with zero attached hydrogens (tertiary/aromatic N) is 1. The highest BCUT2D eigenvalue weighted by Gasteiger charge is 2.29. The van der Waals surface area contributed by atoms with Crippen molar-refractivity contribution in [3.8, 4) is 16.3 Å². The van der Waals surface area contributed by atoms with E-state index in [9.17, 15) is 18.7 Å². The van der Waals surface area contributed by atoms with Crippen molar-refractivity contribution in [3.05, 3.63) is 33.8 Å². The maximum absolute atomic E-state index is 14.1. The van der Waals surface area contributed by atoms with Crippen LogP contribution in [0.25, 0.3) is 10.6 Å². The summed E-state index contributed by atoms with van der Waals surface area (Å²) < 4.78 is 27.7. The topological polar surface area (TPSA) is 50.2 Å². The Morgan fingerprint density at radius 1 is 1.45 bits per heavy atom. The Balaban J connectivity index is 2.17. The number of ketones is 1. The number of hydrogen-bond acceptors (Lipinski definition) is 4. The molecule has 0 saturated carbocycles. The van der Waals surface area contributed by atoms with E-state index >= 15 is 0 Å². The summed E-state index contributed by atoms with van der Waals surface area (Å²) in [6.07, 6.45) is 1.74. The summed E-state index contributed by atoms with van der Waals surface area (Å²) >= 11 is 1.18.